The molecule has 0 heterocycles. The van der Waals surface area contributed by atoms with Crippen molar-refractivity contribution in [3.63, 3.8) is 0 Å². The Morgan fingerprint density at radius 1 is 1.86 bits per heavy atom. The first-order chi connectivity index (χ1) is 3.27. The third-order valence-corrected chi connectivity index (χ3v) is 0.509. The van der Waals surface area contributed by atoms with Crippen molar-refractivity contribution in [3.8, 4) is 0 Å². The maximum Gasteiger partial charge on any atom is 0.0566 e. The summed E-state index contributed by atoms with van der Waals surface area (Å²) in [6.45, 7) is 5.21. The van der Waals surface area contributed by atoms with E-state index in [1.165, 1.54) is 0 Å². The fraction of sp³-hybridized carbons (Fsp3) is 0.167. The van der Waals surface area contributed by atoms with Crippen LogP contribution in [0.4, 0.5) is 0 Å². The highest BCUT2D eigenvalue weighted by atomic mass is 35.5. The van der Waals surface area contributed by atoms with E-state index < -0.39 is 0 Å². The molecular weight excluding hydrogens is 108 g/mol. The molecule has 1 heteroatoms. The molecule has 0 saturated heterocycles. The van der Waals surface area contributed by atoms with Crippen LogP contribution in [0.25, 0.3) is 0 Å². The first-order valence-corrected chi connectivity index (χ1v) is 2.35. The Bertz CT molecular complexity index is 112. The molecule has 0 saturated carbocycles. The Labute approximate surface area is 48.8 Å². The molecule has 0 aliphatic rings. The van der Waals surface area contributed by atoms with E-state index in [1.54, 1.807) is 19.1 Å². The van der Waals surface area contributed by atoms with Crippen molar-refractivity contribution in [2.75, 3.05) is 0 Å². The summed E-state index contributed by atoms with van der Waals surface area (Å²) in [4.78, 5) is 0. The average molecular weight is 115 g/mol. The third-order valence-electron chi connectivity index (χ3n) is 0.400. The molecule has 0 N–H and O–H groups in total. The Morgan fingerprint density at radius 3 is 2.57 bits per heavy atom. The first-order valence-electron chi connectivity index (χ1n) is 1.97. The van der Waals surface area contributed by atoms with Gasteiger partial charge in [0.05, 0.1) is 5.03 Å². The van der Waals surface area contributed by atoms with Crippen LogP contribution < -0.4 is 0 Å². The molecule has 7 heavy (non-hydrogen) atoms. The largest absolute Gasteiger partial charge is 0.105 e. The molecule has 0 spiro atoms. The fourth-order valence-electron chi connectivity index (χ4n) is 0.174. The van der Waals surface area contributed by atoms with Gasteiger partial charge in [-0.1, -0.05) is 24.3 Å². The van der Waals surface area contributed by atoms with Crippen molar-refractivity contribution >= 4 is 11.6 Å². The quantitative estimate of drug-likeness (QED) is 0.363. The molecular formula is C6H7Cl. The minimum atomic E-state index is 0.653. The summed E-state index contributed by atoms with van der Waals surface area (Å²) >= 11 is 5.38. The van der Waals surface area contributed by atoms with E-state index >= 15 is 0 Å². The van der Waals surface area contributed by atoms with Crippen molar-refractivity contribution in [1.82, 2.24) is 0 Å². The van der Waals surface area contributed by atoms with Crippen LogP contribution in [0.1, 0.15) is 6.92 Å². The molecule has 0 amide bonds. The van der Waals surface area contributed by atoms with Crippen LogP contribution in [0.15, 0.2) is 29.5 Å². The number of halogens is 1. The molecule has 0 aromatic carbocycles. The SMILES string of the molecule is C=CC=C=C(C)Cl. The van der Waals surface area contributed by atoms with Crippen LogP contribution in [0.5, 0.6) is 0 Å². The van der Waals surface area contributed by atoms with Gasteiger partial charge in [0.25, 0.3) is 0 Å². The lowest BCUT2D eigenvalue weighted by Crippen LogP contribution is -1.44. The molecule has 0 atom stereocenters. The summed E-state index contributed by atoms with van der Waals surface area (Å²) in [5.74, 6) is 0. The van der Waals surface area contributed by atoms with Crippen LogP contribution in [0.2, 0.25) is 0 Å². The lowest BCUT2D eigenvalue weighted by molar-refractivity contribution is 1.69. The fourth-order valence-corrected chi connectivity index (χ4v) is 0.237. The van der Waals surface area contributed by atoms with Crippen molar-refractivity contribution in [2.45, 2.75) is 6.92 Å². The van der Waals surface area contributed by atoms with E-state index in [-0.39, 0.29) is 0 Å². The summed E-state index contributed by atoms with van der Waals surface area (Å²) in [6.07, 6.45) is 3.30. The zero-order valence-corrected chi connectivity index (χ0v) is 5.00. The monoisotopic (exact) mass is 114 g/mol. The summed E-state index contributed by atoms with van der Waals surface area (Å²) < 4.78 is 0. The molecule has 0 rings (SSSR count). The molecule has 0 aliphatic carbocycles. The van der Waals surface area contributed by atoms with Gasteiger partial charge in [0, 0.05) is 0 Å². The van der Waals surface area contributed by atoms with Gasteiger partial charge in [-0.15, -0.1) is 5.73 Å². The van der Waals surface area contributed by atoms with E-state index in [9.17, 15) is 0 Å². The van der Waals surface area contributed by atoms with Crippen LogP contribution in [0.3, 0.4) is 0 Å². The summed E-state index contributed by atoms with van der Waals surface area (Å²) in [5, 5.41) is 0.653. The van der Waals surface area contributed by atoms with E-state index in [4.69, 9.17) is 11.6 Å². The normalized spacial score (nSPS) is 6.57. The minimum Gasteiger partial charge on any atom is -0.105 e. The van der Waals surface area contributed by atoms with E-state index in [0.717, 1.165) is 0 Å². The topological polar surface area (TPSA) is 0 Å². The van der Waals surface area contributed by atoms with Crippen molar-refractivity contribution in [3.05, 3.63) is 29.5 Å². The summed E-state index contributed by atoms with van der Waals surface area (Å²) in [6, 6.07) is 0. The van der Waals surface area contributed by atoms with Gasteiger partial charge in [-0.25, -0.2) is 0 Å². The van der Waals surface area contributed by atoms with Gasteiger partial charge in [0.2, 0.25) is 0 Å². The maximum atomic E-state index is 5.38. The molecule has 0 aromatic rings. The van der Waals surface area contributed by atoms with Gasteiger partial charge >= 0.3 is 0 Å². The van der Waals surface area contributed by atoms with Gasteiger partial charge in [-0.2, -0.15) is 0 Å². The second-order valence-electron chi connectivity index (χ2n) is 1.08. The minimum absolute atomic E-state index is 0.653. The Balaban J connectivity index is 3.86. The van der Waals surface area contributed by atoms with Crippen molar-refractivity contribution in [1.29, 1.82) is 0 Å². The third kappa shape index (κ3) is 5.55. The highest BCUT2D eigenvalue weighted by molar-refractivity contribution is 6.29. The van der Waals surface area contributed by atoms with Crippen LogP contribution in [-0.2, 0) is 0 Å². The zero-order chi connectivity index (χ0) is 5.70. The Hall–Kier alpha value is -0.450. The van der Waals surface area contributed by atoms with E-state index in [0.29, 0.717) is 5.03 Å². The molecule has 0 unspecified atom stereocenters. The van der Waals surface area contributed by atoms with E-state index in [1.807, 2.05) is 0 Å². The maximum absolute atomic E-state index is 5.38. The van der Waals surface area contributed by atoms with Gasteiger partial charge in [0.1, 0.15) is 0 Å². The second kappa shape index (κ2) is 3.73. The predicted molar refractivity (Wildman–Crippen MR) is 33.3 cm³/mol. The number of hydrogen-bond acceptors (Lipinski definition) is 0. The van der Waals surface area contributed by atoms with Crippen LogP contribution in [0, 0.1) is 0 Å². The van der Waals surface area contributed by atoms with Gasteiger partial charge < -0.3 is 0 Å². The number of hydrogen-bond donors (Lipinski definition) is 0. The zero-order valence-electron chi connectivity index (χ0n) is 4.24. The van der Waals surface area contributed by atoms with Crippen LogP contribution >= 0.6 is 11.6 Å². The van der Waals surface area contributed by atoms with E-state index in [2.05, 4.69) is 12.3 Å². The van der Waals surface area contributed by atoms with Gasteiger partial charge in [-0.05, 0) is 13.0 Å². The Kier molecular flexibility index (Phi) is 3.49. The molecule has 38 valence electrons. The first kappa shape index (κ1) is 6.55. The second-order valence-corrected chi connectivity index (χ2v) is 1.65. The lowest BCUT2D eigenvalue weighted by atomic mass is 10.5. The molecule has 0 aliphatic heterocycles. The predicted octanol–water partition coefficient (Wildman–Crippen LogP) is 2.47. The summed E-state index contributed by atoms with van der Waals surface area (Å²) in [5.41, 5.74) is 2.73. The molecule has 0 bridgehead atoms. The van der Waals surface area contributed by atoms with Gasteiger partial charge in [-0.3, -0.25) is 0 Å². The molecule has 0 radical (unpaired) electrons. The smallest absolute Gasteiger partial charge is 0.0566 e. The number of allylic oxidation sites excluding steroid dienone is 2. The standard InChI is InChI=1S/C6H7Cl/c1-3-4-5-6(2)7/h3-4H,1H2,2H3. The Morgan fingerprint density at radius 2 is 2.43 bits per heavy atom. The van der Waals surface area contributed by atoms with Crippen LogP contribution in [-0.4, -0.2) is 0 Å². The highest BCUT2D eigenvalue weighted by Gasteiger charge is 1.65. The number of rotatable bonds is 1. The molecule has 0 aromatic heterocycles. The van der Waals surface area contributed by atoms with Gasteiger partial charge in [0.15, 0.2) is 0 Å². The molecule has 0 nitrogen and oxygen atoms in total. The van der Waals surface area contributed by atoms with Crippen molar-refractivity contribution < 1.29 is 0 Å². The summed E-state index contributed by atoms with van der Waals surface area (Å²) in [7, 11) is 0. The highest BCUT2D eigenvalue weighted by Crippen LogP contribution is 1.92. The van der Waals surface area contributed by atoms with Crippen molar-refractivity contribution in [2.24, 2.45) is 0 Å². The lowest BCUT2D eigenvalue weighted by Gasteiger charge is -1.67. The molecule has 0 fully saturated rings. The average Bonchev–Trinajstić information content (AvgIpc) is 1.61.